The van der Waals surface area contributed by atoms with E-state index in [0.717, 1.165) is 141 Å². The number of unbranched alkanes of at least 4 members (excludes halogenated alkanes) is 13. The van der Waals surface area contributed by atoms with Crippen LogP contribution in [-0.4, -0.2) is 37.2 Å². The third kappa shape index (κ3) is 59.6. The van der Waals surface area contributed by atoms with Crippen LogP contribution in [0.1, 0.15) is 233 Å². The van der Waals surface area contributed by atoms with Crippen molar-refractivity contribution in [1.29, 1.82) is 0 Å². The van der Waals surface area contributed by atoms with Crippen molar-refractivity contribution in [3.8, 4) is 0 Å². The first-order valence-corrected chi connectivity index (χ1v) is 30.1. The zero-order valence-corrected chi connectivity index (χ0v) is 48.4. The summed E-state index contributed by atoms with van der Waals surface area (Å²) in [5.74, 6) is -1.04. The van der Waals surface area contributed by atoms with Crippen LogP contribution in [0.5, 0.6) is 0 Å². The first kappa shape index (κ1) is 70.8. The summed E-state index contributed by atoms with van der Waals surface area (Å²) in [6.45, 7) is 6.30. The lowest BCUT2D eigenvalue weighted by atomic mass is 10.1. The smallest absolute Gasteiger partial charge is 0.306 e. The lowest BCUT2D eigenvalue weighted by molar-refractivity contribution is -0.166. The molecule has 1 unspecified atom stereocenters. The van der Waals surface area contributed by atoms with E-state index in [2.05, 4.69) is 179 Å². The predicted molar refractivity (Wildman–Crippen MR) is 329 cm³/mol. The van der Waals surface area contributed by atoms with Gasteiger partial charge < -0.3 is 14.2 Å². The molecule has 0 aromatic heterocycles. The number of hydrogen-bond donors (Lipinski definition) is 0. The number of hydrogen-bond acceptors (Lipinski definition) is 6. The molecular weight excluding hydrogens is 937 g/mol. The van der Waals surface area contributed by atoms with E-state index in [1.165, 1.54) is 44.9 Å². The van der Waals surface area contributed by atoms with Crippen molar-refractivity contribution in [3.63, 3.8) is 0 Å². The summed E-state index contributed by atoms with van der Waals surface area (Å²) in [7, 11) is 0. The van der Waals surface area contributed by atoms with Crippen molar-refractivity contribution in [3.05, 3.63) is 170 Å². The largest absolute Gasteiger partial charge is 0.462 e. The van der Waals surface area contributed by atoms with E-state index in [1.807, 2.05) is 12.2 Å². The van der Waals surface area contributed by atoms with Gasteiger partial charge in [-0.25, -0.2) is 0 Å². The Balaban J connectivity index is 4.45. The second-order valence-corrected chi connectivity index (χ2v) is 19.1. The molecule has 0 aliphatic rings. The number of ether oxygens (including phenoxy) is 3. The normalized spacial score (nSPS) is 13.4. The maximum atomic E-state index is 12.8. The maximum Gasteiger partial charge on any atom is 0.306 e. The van der Waals surface area contributed by atoms with Crippen molar-refractivity contribution in [2.24, 2.45) is 0 Å². The number of allylic oxidation sites excluding steroid dienone is 28. The minimum absolute atomic E-state index is 0.123. The van der Waals surface area contributed by atoms with Gasteiger partial charge in [0.2, 0.25) is 0 Å². The first-order chi connectivity index (χ1) is 37.5. The van der Waals surface area contributed by atoms with Crippen molar-refractivity contribution >= 4 is 17.9 Å². The molecule has 0 amide bonds. The average molecular weight is 1050 g/mol. The Bertz CT molecular complexity index is 1770. The fourth-order valence-electron chi connectivity index (χ4n) is 7.54. The Morgan fingerprint density at radius 1 is 0.276 bits per heavy atom. The summed E-state index contributed by atoms with van der Waals surface area (Å²) in [5.41, 5.74) is 0. The Labute approximate surface area is 466 Å². The molecule has 0 saturated heterocycles. The molecule has 0 rings (SSSR count). The van der Waals surface area contributed by atoms with E-state index >= 15 is 0 Å². The molecule has 0 spiro atoms. The molecule has 76 heavy (non-hydrogen) atoms. The standard InChI is InChI=1S/C70H108O6/c1-4-7-10-13-16-19-22-24-26-28-30-31-32-33-34-35-36-37-38-39-41-42-44-46-48-51-54-57-60-63-69(72)75-66-67(65-74-68(71)62-59-56-53-50-21-18-15-12-9-6-3)76-70(73)64-61-58-55-52-49-47-45-43-40-29-27-25-23-20-17-14-11-8-5-2/h7-8,10-11,16-17,19-20,24-27,30-31,33-34,36-37,39-41,43-44,46-47,49,55,58,67H,4-6,9,12-15,18,21-23,28-29,32,35,38,42,45,48,50-54,56-57,59-66H2,1-3H3/b10-7-,11-8-,19-16-,20-17-,26-24-,27-25-,31-30-,34-33-,37-36-,41-39-,43-40-,46-44-,49-47-,58-55-. The lowest BCUT2D eigenvalue weighted by Crippen LogP contribution is -2.30. The second kappa shape index (κ2) is 62.3. The van der Waals surface area contributed by atoms with Crippen LogP contribution in [0.4, 0.5) is 0 Å². The molecule has 0 aromatic carbocycles. The summed E-state index contributed by atoms with van der Waals surface area (Å²) in [6.07, 6.45) is 92.2. The topological polar surface area (TPSA) is 78.9 Å². The summed E-state index contributed by atoms with van der Waals surface area (Å²) in [5, 5.41) is 0. The zero-order valence-electron chi connectivity index (χ0n) is 48.4. The molecule has 0 fully saturated rings. The Morgan fingerprint density at radius 2 is 0.539 bits per heavy atom. The summed E-state index contributed by atoms with van der Waals surface area (Å²) >= 11 is 0. The lowest BCUT2D eigenvalue weighted by Gasteiger charge is -2.18. The van der Waals surface area contributed by atoms with E-state index < -0.39 is 12.1 Å². The van der Waals surface area contributed by atoms with E-state index in [1.54, 1.807) is 0 Å². The zero-order chi connectivity index (χ0) is 55.0. The second-order valence-electron chi connectivity index (χ2n) is 19.1. The highest BCUT2D eigenvalue weighted by Crippen LogP contribution is 2.13. The summed E-state index contributed by atoms with van der Waals surface area (Å²) in [6, 6.07) is 0. The van der Waals surface area contributed by atoms with Crippen LogP contribution in [0, 0.1) is 0 Å². The van der Waals surface area contributed by atoms with Gasteiger partial charge >= 0.3 is 17.9 Å². The van der Waals surface area contributed by atoms with Crippen molar-refractivity contribution in [1.82, 2.24) is 0 Å². The van der Waals surface area contributed by atoms with Crippen LogP contribution in [0.3, 0.4) is 0 Å². The first-order valence-electron chi connectivity index (χ1n) is 30.1. The maximum absolute atomic E-state index is 12.8. The van der Waals surface area contributed by atoms with Crippen LogP contribution in [0.15, 0.2) is 170 Å². The molecule has 0 aromatic rings. The van der Waals surface area contributed by atoms with Crippen molar-refractivity contribution in [2.75, 3.05) is 13.2 Å². The quantitative estimate of drug-likeness (QED) is 0.0261. The number of carbonyl (C=O) groups is 3. The minimum Gasteiger partial charge on any atom is -0.462 e. The fraction of sp³-hybridized carbons (Fsp3) is 0.557. The molecule has 0 saturated carbocycles. The van der Waals surface area contributed by atoms with Gasteiger partial charge in [-0.05, 0) is 122 Å². The average Bonchev–Trinajstić information content (AvgIpc) is 3.42. The Kier molecular flexibility index (Phi) is 58.0. The Hall–Kier alpha value is -5.23. The molecule has 0 radical (unpaired) electrons. The van der Waals surface area contributed by atoms with Gasteiger partial charge in [-0.2, -0.15) is 0 Å². The molecule has 0 bridgehead atoms. The van der Waals surface area contributed by atoms with Crippen LogP contribution in [-0.2, 0) is 28.6 Å². The van der Waals surface area contributed by atoms with E-state index in [-0.39, 0.29) is 31.6 Å². The van der Waals surface area contributed by atoms with Gasteiger partial charge in [0, 0.05) is 19.3 Å². The van der Waals surface area contributed by atoms with E-state index in [0.29, 0.717) is 19.3 Å². The van der Waals surface area contributed by atoms with Gasteiger partial charge in [0.15, 0.2) is 6.10 Å². The van der Waals surface area contributed by atoms with Crippen LogP contribution < -0.4 is 0 Å². The van der Waals surface area contributed by atoms with Gasteiger partial charge in [0.1, 0.15) is 13.2 Å². The molecule has 0 N–H and O–H groups in total. The molecule has 1 atom stereocenters. The predicted octanol–water partition coefficient (Wildman–Crippen LogP) is 20.7. The highest BCUT2D eigenvalue weighted by atomic mass is 16.6. The fourth-order valence-corrected chi connectivity index (χ4v) is 7.54. The molecule has 6 nitrogen and oxygen atoms in total. The molecule has 424 valence electrons. The molecule has 0 aliphatic heterocycles. The summed E-state index contributed by atoms with van der Waals surface area (Å²) < 4.78 is 16.7. The van der Waals surface area contributed by atoms with Gasteiger partial charge in [0.25, 0.3) is 0 Å². The Morgan fingerprint density at radius 3 is 0.855 bits per heavy atom. The van der Waals surface area contributed by atoms with E-state index in [4.69, 9.17) is 14.2 Å². The highest BCUT2D eigenvalue weighted by Gasteiger charge is 2.19. The number of esters is 3. The van der Waals surface area contributed by atoms with Gasteiger partial charge in [-0.3, -0.25) is 14.4 Å². The number of rotatable bonds is 52. The minimum atomic E-state index is -0.836. The molecule has 0 aliphatic carbocycles. The van der Waals surface area contributed by atoms with Gasteiger partial charge in [0.05, 0.1) is 0 Å². The SMILES string of the molecule is CC/C=C\C/C=C\C/C=C\C/C=C\C/C=C\C/C=C\C/C=C\C/C=C\CCCCCCC(=O)OCC(COC(=O)CCCCCCCCCCCC)OC(=O)CC/C=C\C/C=C\C/C=C\C/C=C\C/C=C\C/C=C\CC. The van der Waals surface area contributed by atoms with E-state index in [9.17, 15) is 14.4 Å². The third-order valence-corrected chi connectivity index (χ3v) is 12.0. The monoisotopic (exact) mass is 1040 g/mol. The van der Waals surface area contributed by atoms with Gasteiger partial charge in [-0.15, -0.1) is 0 Å². The molecule has 6 heteroatoms. The number of carbonyl (C=O) groups excluding carboxylic acids is 3. The van der Waals surface area contributed by atoms with Crippen molar-refractivity contribution in [2.45, 2.75) is 239 Å². The van der Waals surface area contributed by atoms with Gasteiger partial charge in [-0.1, -0.05) is 262 Å². The highest BCUT2D eigenvalue weighted by molar-refractivity contribution is 5.71. The third-order valence-electron chi connectivity index (χ3n) is 12.0. The van der Waals surface area contributed by atoms with Crippen molar-refractivity contribution < 1.29 is 28.6 Å². The molecule has 0 heterocycles. The van der Waals surface area contributed by atoms with Crippen LogP contribution in [0.25, 0.3) is 0 Å². The van der Waals surface area contributed by atoms with Crippen LogP contribution >= 0.6 is 0 Å². The summed E-state index contributed by atoms with van der Waals surface area (Å²) in [4.78, 5) is 38.1. The molecular formula is C70H108O6. The van der Waals surface area contributed by atoms with Crippen LogP contribution in [0.2, 0.25) is 0 Å².